The molecule has 128 valence electrons. The van der Waals surface area contributed by atoms with Gasteiger partial charge < -0.3 is 10.6 Å². The van der Waals surface area contributed by atoms with E-state index in [0.717, 1.165) is 24.3 Å². The van der Waals surface area contributed by atoms with E-state index in [4.69, 9.17) is 12.2 Å². The molecule has 0 amide bonds. The van der Waals surface area contributed by atoms with Crippen molar-refractivity contribution in [2.45, 2.75) is 12.4 Å². The van der Waals surface area contributed by atoms with Crippen molar-refractivity contribution in [2.75, 3.05) is 10.6 Å². The van der Waals surface area contributed by atoms with Gasteiger partial charge in [-0.3, -0.25) is 0 Å². The second kappa shape index (κ2) is 6.68. The molecule has 2 nitrogen and oxygen atoms in total. The van der Waals surface area contributed by atoms with Gasteiger partial charge in [0, 0.05) is 11.4 Å². The molecule has 2 aromatic carbocycles. The molecule has 2 aromatic rings. The molecule has 0 saturated carbocycles. The van der Waals surface area contributed by atoms with E-state index < -0.39 is 23.5 Å². The van der Waals surface area contributed by atoms with Crippen LogP contribution in [0.4, 0.5) is 37.7 Å². The molecule has 0 aliphatic heterocycles. The van der Waals surface area contributed by atoms with Crippen molar-refractivity contribution in [3.8, 4) is 0 Å². The number of nitrogens with one attached hydrogen (secondary N) is 2. The summed E-state index contributed by atoms with van der Waals surface area (Å²) < 4.78 is 74.7. The van der Waals surface area contributed by atoms with Gasteiger partial charge in [-0.05, 0) is 60.7 Å². The molecule has 9 heteroatoms. The minimum atomic E-state index is -4.43. The molecule has 0 fully saturated rings. The maximum absolute atomic E-state index is 12.4. The van der Waals surface area contributed by atoms with E-state index in [-0.39, 0.29) is 5.11 Å². The van der Waals surface area contributed by atoms with Crippen LogP contribution in [-0.2, 0) is 12.4 Å². The van der Waals surface area contributed by atoms with Gasteiger partial charge in [-0.2, -0.15) is 26.3 Å². The van der Waals surface area contributed by atoms with Gasteiger partial charge in [0.2, 0.25) is 0 Å². The molecule has 0 unspecified atom stereocenters. The largest absolute Gasteiger partial charge is 0.416 e. The molecule has 0 aromatic heterocycles. The molecule has 2 N–H and O–H groups in total. The number of hydrogen-bond acceptors (Lipinski definition) is 1. The molecular formula is C15H10F6N2S. The van der Waals surface area contributed by atoms with Crippen LogP contribution in [0.1, 0.15) is 11.1 Å². The van der Waals surface area contributed by atoms with Crippen molar-refractivity contribution in [3.63, 3.8) is 0 Å². The molecule has 2 rings (SSSR count). The van der Waals surface area contributed by atoms with Crippen LogP contribution < -0.4 is 10.6 Å². The summed E-state index contributed by atoms with van der Waals surface area (Å²) in [5.74, 6) is 0. The number of benzene rings is 2. The molecule has 0 aliphatic carbocycles. The molecule has 24 heavy (non-hydrogen) atoms. The van der Waals surface area contributed by atoms with E-state index in [1.54, 1.807) is 0 Å². The molecular weight excluding hydrogens is 354 g/mol. The average Bonchev–Trinajstić information content (AvgIpc) is 2.46. The Bertz CT molecular complexity index is 643. The van der Waals surface area contributed by atoms with Crippen molar-refractivity contribution >= 4 is 28.7 Å². The Morgan fingerprint density at radius 3 is 1.17 bits per heavy atom. The predicted molar refractivity (Wildman–Crippen MR) is 82.7 cm³/mol. The zero-order valence-electron chi connectivity index (χ0n) is 11.8. The highest BCUT2D eigenvalue weighted by Crippen LogP contribution is 2.30. The summed E-state index contributed by atoms with van der Waals surface area (Å²) in [4.78, 5) is 0. The van der Waals surface area contributed by atoms with Crippen LogP contribution in [0, 0.1) is 0 Å². The summed E-state index contributed by atoms with van der Waals surface area (Å²) in [7, 11) is 0. The lowest BCUT2D eigenvalue weighted by Crippen LogP contribution is -2.19. The smallest absolute Gasteiger partial charge is 0.332 e. The normalized spacial score (nSPS) is 11.9. The monoisotopic (exact) mass is 364 g/mol. The molecule has 0 spiro atoms. The Morgan fingerprint density at radius 1 is 0.625 bits per heavy atom. The van der Waals surface area contributed by atoms with Gasteiger partial charge in [0.05, 0.1) is 11.1 Å². The Balaban J connectivity index is 1.98. The van der Waals surface area contributed by atoms with Crippen molar-refractivity contribution in [1.82, 2.24) is 0 Å². The fourth-order valence-corrected chi connectivity index (χ4v) is 2.01. The van der Waals surface area contributed by atoms with Crippen LogP contribution in [0.2, 0.25) is 0 Å². The molecule has 0 bridgehead atoms. The molecule has 0 atom stereocenters. The van der Waals surface area contributed by atoms with E-state index in [9.17, 15) is 26.3 Å². The van der Waals surface area contributed by atoms with Crippen LogP contribution in [-0.4, -0.2) is 5.11 Å². The SMILES string of the molecule is FC(F)(F)c1ccc(NC(=S)Nc2ccc(C(F)(F)F)cc2)cc1. The van der Waals surface area contributed by atoms with E-state index >= 15 is 0 Å². The van der Waals surface area contributed by atoms with Crippen LogP contribution in [0.25, 0.3) is 0 Å². The van der Waals surface area contributed by atoms with E-state index in [1.807, 2.05) is 0 Å². The first kappa shape index (κ1) is 18.1. The highest BCUT2D eigenvalue weighted by molar-refractivity contribution is 7.80. The number of alkyl halides is 6. The Hall–Kier alpha value is -2.29. The lowest BCUT2D eigenvalue weighted by molar-refractivity contribution is -0.138. The zero-order chi connectivity index (χ0) is 18.0. The van der Waals surface area contributed by atoms with Crippen molar-refractivity contribution in [2.24, 2.45) is 0 Å². The van der Waals surface area contributed by atoms with E-state index in [0.29, 0.717) is 11.4 Å². The lowest BCUT2D eigenvalue weighted by Gasteiger charge is -2.13. The van der Waals surface area contributed by atoms with Crippen LogP contribution >= 0.6 is 12.2 Å². The third-order valence-electron chi connectivity index (χ3n) is 2.94. The summed E-state index contributed by atoms with van der Waals surface area (Å²) >= 11 is 4.96. The number of anilines is 2. The Labute approximate surface area is 138 Å². The summed E-state index contributed by atoms with van der Waals surface area (Å²) in [6.45, 7) is 0. The molecule has 0 saturated heterocycles. The zero-order valence-corrected chi connectivity index (χ0v) is 12.6. The number of halogens is 6. The van der Waals surface area contributed by atoms with Gasteiger partial charge in [-0.15, -0.1) is 0 Å². The van der Waals surface area contributed by atoms with E-state index in [2.05, 4.69) is 10.6 Å². The van der Waals surface area contributed by atoms with Crippen LogP contribution in [0.5, 0.6) is 0 Å². The van der Waals surface area contributed by atoms with E-state index in [1.165, 1.54) is 24.3 Å². The van der Waals surface area contributed by atoms with Crippen molar-refractivity contribution in [1.29, 1.82) is 0 Å². The van der Waals surface area contributed by atoms with Gasteiger partial charge in [0.1, 0.15) is 0 Å². The predicted octanol–water partition coefficient (Wildman–Crippen LogP) is 5.53. The standard InChI is InChI=1S/C15H10F6N2S/c16-14(17,18)9-1-5-11(6-2-9)22-13(24)23-12-7-3-10(4-8-12)15(19,20)21/h1-8H,(H2,22,23,24). The maximum Gasteiger partial charge on any atom is 0.416 e. The van der Waals surface area contributed by atoms with Crippen LogP contribution in [0.15, 0.2) is 48.5 Å². The lowest BCUT2D eigenvalue weighted by atomic mass is 10.2. The van der Waals surface area contributed by atoms with Crippen molar-refractivity contribution in [3.05, 3.63) is 59.7 Å². The Kier molecular flexibility index (Phi) is 5.02. The molecule has 0 heterocycles. The van der Waals surface area contributed by atoms with Gasteiger partial charge in [-0.1, -0.05) is 0 Å². The van der Waals surface area contributed by atoms with Gasteiger partial charge >= 0.3 is 12.4 Å². The summed E-state index contributed by atoms with van der Waals surface area (Å²) in [5.41, 5.74) is -0.968. The summed E-state index contributed by atoms with van der Waals surface area (Å²) in [6, 6.07) is 8.36. The minimum absolute atomic E-state index is 0.0366. The highest BCUT2D eigenvalue weighted by atomic mass is 32.1. The fraction of sp³-hybridized carbons (Fsp3) is 0.133. The van der Waals surface area contributed by atoms with Gasteiger partial charge in [0.25, 0.3) is 0 Å². The van der Waals surface area contributed by atoms with Crippen molar-refractivity contribution < 1.29 is 26.3 Å². The minimum Gasteiger partial charge on any atom is -0.332 e. The quantitative estimate of drug-likeness (QED) is 0.541. The maximum atomic E-state index is 12.4. The van der Waals surface area contributed by atoms with Gasteiger partial charge in [-0.25, -0.2) is 0 Å². The number of hydrogen-bond donors (Lipinski definition) is 2. The number of rotatable bonds is 2. The second-order valence-electron chi connectivity index (χ2n) is 4.73. The molecule has 0 radical (unpaired) electrons. The first-order chi connectivity index (χ1) is 11.1. The topological polar surface area (TPSA) is 24.1 Å². The highest BCUT2D eigenvalue weighted by Gasteiger charge is 2.30. The number of thiocarbonyl (C=S) groups is 1. The van der Waals surface area contributed by atoms with Crippen LogP contribution in [0.3, 0.4) is 0 Å². The third kappa shape index (κ3) is 4.85. The summed E-state index contributed by atoms with van der Waals surface area (Å²) in [6.07, 6.45) is -8.87. The molecule has 0 aliphatic rings. The third-order valence-corrected chi connectivity index (χ3v) is 3.14. The fourth-order valence-electron chi connectivity index (χ4n) is 1.78. The Morgan fingerprint density at radius 2 is 0.917 bits per heavy atom. The first-order valence-corrected chi connectivity index (χ1v) is 6.89. The first-order valence-electron chi connectivity index (χ1n) is 6.48. The average molecular weight is 364 g/mol. The second-order valence-corrected chi connectivity index (χ2v) is 5.14. The summed E-state index contributed by atoms with van der Waals surface area (Å²) in [5, 5.41) is 5.33. The van der Waals surface area contributed by atoms with Gasteiger partial charge in [0.15, 0.2) is 5.11 Å².